The van der Waals surface area contributed by atoms with Crippen molar-refractivity contribution in [1.29, 1.82) is 0 Å². The molecule has 0 aromatic carbocycles. The minimum atomic E-state index is 0.00463. The van der Waals surface area contributed by atoms with Crippen LogP contribution in [0.1, 0.15) is 10.9 Å². The van der Waals surface area contributed by atoms with Gasteiger partial charge >= 0.3 is 0 Å². The second-order valence-electron chi connectivity index (χ2n) is 2.18. The van der Waals surface area contributed by atoms with Crippen molar-refractivity contribution in [1.82, 2.24) is 10.3 Å². The lowest BCUT2D eigenvalue weighted by Gasteiger charge is -2.05. The van der Waals surface area contributed by atoms with Crippen LogP contribution in [0, 0.1) is 0 Å². The molecule has 1 aromatic rings. The maximum atomic E-state index is 5.77. The standard InChI is InChI=1S/C6H10ClN3S/c1-9-2-4(8)5-3-10-6(7)11-5/h3-4,9H,2,8H2,1H3. The van der Waals surface area contributed by atoms with Crippen LogP contribution in [0.4, 0.5) is 0 Å². The third kappa shape index (κ3) is 2.41. The van der Waals surface area contributed by atoms with E-state index >= 15 is 0 Å². The molecule has 0 saturated heterocycles. The van der Waals surface area contributed by atoms with E-state index in [9.17, 15) is 0 Å². The molecular weight excluding hydrogens is 182 g/mol. The van der Waals surface area contributed by atoms with E-state index in [0.29, 0.717) is 4.47 Å². The van der Waals surface area contributed by atoms with Gasteiger partial charge in [0.25, 0.3) is 0 Å². The van der Waals surface area contributed by atoms with E-state index < -0.39 is 0 Å². The second kappa shape index (κ2) is 4.01. The molecule has 0 aliphatic heterocycles. The van der Waals surface area contributed by atoms with Gasteiger partial charge in [0.15, 0.2) is 4.47 Å². The predicted octanol–water partition coefficient (Wildman–Crippen LogP) is 1.02. The Kier molecular flexibility index (Phi) is 3.26. The highest BCUT2D eigenvalue weighted by Gasteiger charge is 2.07. The van der Waals surface area contributed by atoms with E-state index in [4.69, 9.17) is 17.3 Å². The highest BCUT2D eigenvalue weighted by atomic mass is 35.5. The summed E-state index contributed by atoms with van der Waals surface area (Å²) in [6.07, 6.45) is 1.72. The van der Waals surface area contributed by atoms with Gasteiger partial charge in [0.2, 0.25) is 0 Å². The molecule has 0 aliphatic carbocycles. The molecule has 1 aromatic heterocycles. The van der Waals surface area contributed by atoms with Crippen LogP contribution in [0.3, 0.4) is 0 Å². The summed E-state index contributed by atoms with van der Waals surface area (Å²) in [6.45, 7) is 0.749. The van der Waals surface area contributed by atoms with Gasteiger partial charge in [-0.05, 0) is 7.05 Å². The summed E-state index contributed by atoms with van der Waals surface area (Å²) in [6, 6.07) is 0.00463. The number of thiazole rings is 1. The summed E-state index contributed by atoms with van der Waals surface area (Å²) in [5.41, 5.74) is 5.77. The fourth-order valence-electron chi connectivity index (χ4n) is 0.756. The normalized spacial score (nSPS) is 13.4. The number of aromatic nitrogens is 1. The fourth-order valence-corrected chi connectivity index (χ4v) is 1.71. The number of nitrogens with two attached hydrogens (primary N) is 1. The third-order valence-corrected chi connectivity index (χ3v) is 2.53. The van der Waals surface area contributed by atoms with Crippen molar-refractivity contribution in [3.8, 4) is 0 Å². The Morgan fingerprint density at radius 2 is 2.64 bits per heavy atom. The van der Waals surface area contributed by atoms with Gasteiger partial charge in [-0.25, -0.2) is 4.98 Å². The van der Waals surface area contributed by atoms with Crippen molar-refractivity contribution >= 4 is 22.9 Å². The Labute approximate surface area is 74.6 Å². The zero-order valence-electron chi connectivity index (χ0n) is 6.17. The molecule has 1 rings (SSSR count). The van der Waals surface area contributed by atoms with Crippen LogP contribution in [0.25, 0.3) is 0 Å². The molecule has 0 amide bonds. The molecule has 0 spiro atoms. The lowest BCUT2D eigenvalue weighted by atomic mass is 10.3. The van der Waals surface area contributed by atoms with Gasteiger partial charge in [0, 0.05) is 17.6 Å². The first-order valence-electron chi connectivity index (χ1n) is 3.25. The van der Waals surface area contributed by atoms with Gasteiger partial charge in [-0.15, -0.1) is 11.3 Å². The maximum absolute atomic E-state index is 5.77. The zero-order valence-corrected chi connectivity index (χ0v) is 7.75. The van der Waals surface area contributed by atoms with Crippen LogP contribution >= 0.6 is 22.9 Å². The molecule has 3 nitrogen and oxygen atoms in total. The van der Waals surface area contributed by atoms with Gasteiger partial charge in [-0.3, -0.25) is 0 Å². The highest BCUT2D eigenvalue weighted by molar-refractivity contribution is 7.15. The van der Waals surface area contributed by atoms with Crippen molar-refractivity contribution in [3.05, 3.63) is 15.5 Å². The Morgan fingerprint density at radius 3 is 3.09 bits per heavy atom. The average Bonchev–Trinajstić information content (AvgIpc) is 2.36. The molecule has 0 bridgehead atoms. The minimum absolute atomic E-state index is 0.00463. The molecule has 0 aliphatic rings. The fraction of sp³-hybridized carbons (Fsp3) is 0.500. The highest BCUT2D eigenvalue weighted by Crippen LogP contribution is 2.21. The largest absolute Gasteiger partial charge is 0.322 e. The summed E-state index contributed by atoms with van der Waals surface area (Å²) in [7, 11) is 1.86. The maximum Gasteiger partial charge on any atom is 0.183 e. The molecule has 0 saturated carbocycles. The summed E-state index contributed by atoms with van der Waals surface area (Å²) in [5.74, 6) is 0. The molecule has 5 heteroatoms. The first kappa shape index (κ1) is 8.93. The van der Waals surface area contributed by atoms with Crippen LogP contribution in [-0.4, -0.2) is 18.6 Å². The average molecular weight is 192 g/mol. The van der Waals surface area contributed by atoms with Gasteiger partial charge in [-0.1, -0.05) is 11.6 Å². The first-order valence-corrected chi connectivity index (χ1v) is 4.45. The molecule has 1 atom stereocenters. The van der Waals surface area contributed by atoms with Crippen molar-refractivity contribution in [2.45, 2.75) is 6.04 Å². The van der Waals surface area contributed by atoms with E-state index in [2.05, 4.69) is 10.3 Å². The van der Waals surface area contributed by atoms with E-state index in [-0.39, 0.29) is 6.04 Å². The van der Waals surface area contributed by atoms with Crippen LogP contribution in [0.15, 0.2) is 6.20 Å². The summed E-state index contributed by atoms with van der Waals surface area (Å²) in [4.78, 5) is 4.91. The molecule has 0 fully saturated rings. The van der Waals surface area contributed by atoms with Gasteiger partial charge in [0.1, 0.15) is 0 Å². The van der Waals surface area contributed by atoms with Gasteiger partial charge < -0.3 is 11.1 Å². The quantitative estimate of drug-likeness (QED) is 0.750. The SMILES string of the molecule is CNCC(N)c1cnc(Cl)s1. The molecule has 3 N–H and O–H groups in total. The Balaban J connectivity index is 2.60. The number of hydrogen-bond acceptors (Lipinski definition) is 4. The number of nitrogens with zero attached hydrogens (tertiary/aromatic N) is 1. The lowest BCUT2D eigenvalue weighted by Crippen LogP contribution is -2.22. The number of nitrogens with one attached hydrogen (secondary N) is 1. The zero-order chi connectivity index (χ0) is 8.27. The van der Waals surface area contributed by atoms with E-state index in [1.165, 1.54) is 11.3 Å². The van der Waals surface area contributed by atoms with Gasteiger partial charge in [0.05, 0.1) is 6.04 Å². The van der Waals surface area contributed by atoms with Crippen molar-refractivity contribution < 1.29 is 0 Å². The van der Waals surface area contributed by atoms with Crippen LogP contribution in [0.5, 0.6) is 0 Å². The Bertz CT molecular complexity index is 225. The third-order valence-electron chi connectivity index (χ3n) is 1.28. The van der Waals surface area contributed by atoms with E-state index in [1.807, 2.05) is 7.05 Å². The number of halogens is 1. The Morgan fingerprint density at radius 1 is 1.91 bits per heavy atom. The van der Waals surface area contributed by atoms with Gasteiger partial charge in [-0.2, -0.15) is 0 Å². The predicted molar refractivity (Wildman–Crippen MR) is 48.0 cm³/mol. The summed E-state index contributed by atoms with van der Waals surface area (Å²) in [5, 5.41) is 2.99. The first-order chi connectivity index (χ1) is 5.24. The smallest absolute Gasteiger partial charge is 0.183 e. The van der Waals surface area contributed by atoms with Crippen LogP contribution in [0.2, 0.25) is 4.47 Å². The molecular formula is C6H10ClN3S. The van der Waals surface area contributed by atoms with Crippen LogP contribution in [-0.2, 0) is 0 Å². The second-order valence-corrected chi connectivity index (χ2v) is 3.82. The van der Waals surface area contributed by atoms with E-state index in [1.54, 1.807) is 6.20 Å². The topological polar surface area (TPSA) is 50.9 Å². The Hall–Kier alpha value is -0.160. The number of rotatable bonds is 3. The van der Waals surface area contributed by atoms with Crippen molar-refractivity contribution in [2.24, 2.45) is 5.73 Å². The summed E-state index contributed by atoms with van der Waals surface area (Å²) < 4.78 is 0.548. The molecule has 1 unspecified atom stereocenters. The molecule has 0 radical (unpaired) electrons. The summed E-state index contributed by atoms with van der Waals surface area (Å²) >= 11 is 7.06. The minimum Gasteiger partial charge on any atom is -0.322 e. The number of hydrogen-bond donors (Lipinski definition) is 2. The number of likely N-dealkylation sites (N-methyl/N-ethyl adjacent to an activating group) is 1. The molecule has 11 heavy (non-hydrogen) atoms. The monoisotopic (exact) mass is 191 g/mol. The molecule has 62 valence electrons. The van der Waals surface area contributed by atoms with Crippen molar-refractivity contribution in [3.63, 3.8) is 0 Å². The van der Waals surface area contributed by atoms with E-state index in [0.717, 1.165) is 11.4 Å². The van der Waals surface area contributed by atoms with Crippen molar-refractivity contribution in [2.75, 3.05) is 13.6 Å². The lowest BCUT2D eigenvalue weighted by molar-refractivity contribution is 0.661. The molecule has 1 heterocycles. The van der Waals surface area contributed by atoms with Crippen LogP contribution < -0.4 is 11.1 Å².